The zero-order chi connectivity index (χ0) is 8.27. The molecule has 0 saturated heterocycles. The molecule has 5 N–H and O–H groups in total. The molecule has 1 aliphatic heterocycles. The van der Waals surface area contributed by atoms with E-state index in [0.717, 1.165) is 0 Å². The number of nitrogens with zero attached hydrogens (tertiary/aromatic N) is 1. The zero-order valence-electron chi connectivity index (χ0n) is 6.82. The van der Waals surface area contributed by atoms with Crippen LogP contribution in [0.5, 0.6) is 0 Å². The van der Waals surface area contributed by atoms with Gasteiger partial charge in [-0.3, -0.25) is 10.1 Å². The Labute approximate surface area is 88.5 Å². The van der Waals surface area contributed by atoms with E-state index in [4.69, 9.17) is 11.5 Å². The number of hydrogen-bond donors (Lipinski definition) is 3. The van der Waals surface area contributed by atoms with E-state index < -0.39 is 0 Å². The smallest absolute Gasteiger partial charge is 0.276 e. The predicted molar refractivity (Wildman–Crippen MR) is 56.0 cm³/mol. The Morgan fingerprint density at radius 1 is 1.46 bits per heavy atom. The molecule has 0 aromatic rings. The fourth-order valence-corrected chi connectivity index (χ4v) is 0.747. The Hall–Kier alpha value is -0.780. The van der Waals surface area contributed by atoms with Crippen molar-refractivity contribution < 1.29 is 4.79 Å². The first kappa shape index (κ1) is 14.7. The summed E-state index contributed by atoms with van der Waals surface area (Å²) in [5.41, 5.74) is 10.8. The van der Waals surface area contributed by atoms with E-state index in [0.29, 0.717) is 18.7 Å². The molecular formula is C6H12Cl2N4O. The molecule has 0 atom stereocenters. The maximum atomic E-state index is 10.9. The second-order valence-corrected chi connectivity index (χ2v) is 2.12. The van der Waals surface area contributed by atoms with E-state index in [1.807, 2.05) is 0 Å². The van der Waals surface area contributed by atoms with Gasteiger partial charge >= 0.3 is 0 Å². The van der Waals surface area contributed by atoms with Crippen LogP contribution in [0.25, 0.3) is 0 Å². The maximum absolute atomic E-state index is 10.9. The van der Waals surface area contributed by atoms with Crippen LogP contribution < -0.4 is 16.8 Å². The second-order valence-electron chi connectivity index (χ2n) is 2.12. The Morgan fingerprint density at radius 2 is 2.08 bits per heavy atom. The molecule has 0 spiro atoms. The molecule has 76 valence electrons. The molecule has 0 unspecified atom stereocenters. The molecule has 13 heavy (non-hydrogen) atoms. The van der Waals surface area contributed by atoms with Gasteiger partial charge in [0.25, 0.3) is 5.91 Å². The summed E-state index contributed by atoms with van der Waals surface area (Å²) in [5.74, 6) is -0.103. The van der Waals surface area contributed by atoms with E-state index in [-0.39, 0.29) is 36.7 Å². The standard InChI is InChI=1S/C6H10N4O.2ClH/c7-3-1-2-4-5(11)10-6(8)9-4;;/h2H,1,3,7H2,(H3,8,9,10,11);2*1H/b4-2+;;. The SMILES string of the molecule is Cl.Cl.NCC/C=C1/N=C(N)NC1=O. The summed E-state index contributed by atoms with van der Waals surface area (Å²) < 4.78 is 0. The molecule has 0 fully saturated rings. The molecule has 1 aliphatic rings. The van der Waals surface area contributed by atoms with Gasteiger partial charge in [0.1, 0.15) is 5.70 Å². The van der Waals surface area contributed by atoms with Crippen molar-refractivity contribution in [2.24, 2.45) is 16.5 Å². The van der Waals surface area contributed by atoms with Gasteiger partial charge in [-0.2, -0.15) is 0 Å². The highest BCUT2D eigenvalue weighted by Gasteiger charge is 2.16. The molecular weight excluding hydrogens is 215 g/mol. The Kier molecular flexibility index (Phi) is 7.60. The summed E-state index contributed by atoms with van der Waals surface area (Å²) in [6.07, 6.45) is 2.30. The highest BCUT2D eigenvalue weighted by atomic mass is 35.5. The second kappa shape index (κ2) is 6.71. The van der Waals surface area contributed by atoms with Gasteiger partial charge in [0.15, 0.2) is 0 Å². The Morgan fingerprint density at radius 3 is 2.46 bits per heavy atom. The van der Waals surface area contributed by atoms with Crippen LogP contribution in [0.15, 0.2) is 16.8 Å². The number of amides is 1. The van der Waals surface area contributed by atoms with Crippen molar-refractivity contribution in [3.05, 3.63) is 11.8 Å². The molecule has 0 bridgehead atoms. The number of rotatable bonds is 2. The third-order valence-electron chi connectivity index (χ3n) is 1.22. The minimum absolute atomic E-state index is 0. The van der Waals surface area contributed by atoms with Gasteiger partial charge < -0.3 is 11.5 Å². The summed E-state index contributed by atoms with van der Waals surface area (Å²) in [5, 5.41) is 2.36. The van der Waals surface area contributed by atoms with Crippen molar-refractivity contribution in [3.63, 3.8) is 0 Å². The van der Waals surface area contributed by atoms with E-state index in [1.165, 1.54) is 0 Å². The van der Waals surface area contributed by atoms with Crippen molar-refractivity contribution in [2.45, 2.75) is 6.42 Å². The van der Waals surface area contributed by atoms with Crippen molar-refractivity contribution in [1.29, 1.82) is 0 Å². The first-order valence-electron chi connectivity index (χ1n) is 3.30. The van der Waals surface area contributed by atoms with Crippen molar-refractivity contribution >= 4 is 36.7 Å². The molecule has 0 aromatic carbocycles. The summed E-state index contributed by atoms with van der Waals surface area (Å²) in [4.78, 5) is 14.6. The number of aliphatic imine (C=N–C) groups is 1. The monoisotopic (exact) mass is 226 g/mol. The first-order valence-corrected chi connectivity index (χ1v) is 3.30. The predicted octanol–water partition coefficient (Wildman–Crippen LogP) is -0.493. The summed E-state index contributed by atoms with van der Waals surface area (Å²) in [6, 6.07) is 0. The number of hydrogen-bond acceptors (Lipinski definition) is 4. The summed E-state index contributed by atoms with van der Waals surface area (Å²) in [7, 11) is 0. The molecule has 1 rings (SSSR count). The van der Waals surface area contributed by atoms with Crippen LogP contribution in [0.4, 0.5) is 0 Å². The molecule has 5 nitrogen and oxygen atoms in total. The van der Waals surface area contributed by atoms with Gasteiger partial charge in [0.05, 0.1) is 0 Å². The average Bonchev–Trinajstić information content (AvgIpc) is 2.26. The van der Waals surface area contributed by atoms with Gasteiger partial charge in [-0.15, -0.1) is 24.8 Å². The lowest BCUT2D eigenvalue weighted by Crippen LogP contribution is -2.30. The molecule has 0 aliphatic carbocycles. The molecule has 1 amide bonds. The van der Waals surface area contributed by atoms with Crippen LogP contribution in [-0.2, 0) is 4.79 Å². The van der Waals surface area contributed by atoms with E-state index >= 15 is 0 Å². The Balaban J connectivity index is 0. The quantitative estimate of drug-likeness (QED) is 0.555. The van der Waals surface area contributed by atoms with Crippen LogP contribution in [0.3, 0.4) is 0 Å². The van der Waals surface area contributed by atoms with Gasteiger partial charge in [0, 0.05) is 0 Å². The van der Waals surface area contributed by atoms with Gasteiger partial charge in [-0.25, -0.2) is 4.99 Å². The fourth-order valence-electron chi connectivity index (χ4n) is 0.747. The van der Waals surface area contributed by atoms with Crippen LogP contribution in [0, 0.1) is 0 Å². The first-order chi connectivity index (χ1) is 5.24. The lowest BCUT2D eigenvalue weighted by molar-refractivity contribution is -0.115. The van der Waals surface area contributed by atoms with Crippen LogP contribution >= 0.6 is 24.8 Å². The molecule has 0 aromatic heterocycles. The number of carbonyl (C=O) groups excluding carboxylic acids is 1. The van der Waals surface area contributed by atoms with E-state index in [9.17, 15) is 4.79 Å². The van der Waals surface area contributed by atoms with Crippen molar-refractivity contribution in [1.82, 2.24) is 5.32 Å². The molecule has 0 saturated carbocycles. The third-order valence-corrected chi connectivity index (χ3v) is 1.22. The number of nitrogens with two attached hydrogens (primary N) is 2. The highest BCUT2D eigenvalue weighted by Crippen LogP contribution is 2.03. The number of carbonyl (C=O) groups is 1. The number of guanidine groups is 1. The van der Waals surface area contributed by atoms with Crippen LogP contribution in [0.2, 0.25) is 0 Å². The molecule has 7 heteroatoms. The molecule has 0 radical (unpaired) electrons. The van der Waals surface area contributed by atoms with E-state index in [2.05, 4.69) is 10.3 Å². The fraction of sp³-hybridized carbons (Fsp3) is 0.333. The van der Waals surface area contributed by atoms with Crippen LogP contribution in [0.1, 0.15) is 6.42 Å². The minimum atomic E-state index is -0.254. The van der Waals surface area contributed by atoms with Gasteiger partial charge in [-0.05, 0) is 13.0 Å². The lowest BCUT2D eigenvalue weighted by Gasteiger charge is -1.89. The van der Waals surface area contributed by atoms with Gasteiger partial charge in [0.2, 0.25) is 5.96 Å². The molecule has 1 heterocycles. The van der Waals surface area contributed by atoms with Crippen molar-refractivity contribution in [3.8, 4) is 0 Å². The van der Waals surface area contributed by atoms with Crippen LogP contribution in [-0.4, -0.2) is 18.4 Å². The van der Waals surface area contributed by atoms with Gasteiger partial charge in [-0.1, -0.05) is 6.08 Å². The maximum Gasteiger partial charge on any atom is 0.276 e. The Bertz CT molecular complexity index is 239. The number of nitrogens with one attached hydrogen (secondary N) is 1. The summed E-state index contributed by atoms with van der Waals surface area (Å²) >= 11 is 0. The van der Waals surface area contributed by atoms with E-state index in [1.54, 1.807) is 6.08 Å². The van der Waals surface area contributed by atoms with Crippen molar-refractivity contribution in [2.75, 3.05) is 6.54 Å². The largest absolute Gasteiger partial charge is 0.369 e. The number of halogens is 2. The third kappa shape index (κ3) is 4.12. The minimum Gasteiger partial charge on any atom is -0.369 e. The highest BCUT2D eigenvalue weighted by molar-refractivity contribution is 6.10. The lowest BCUT2D eigenvalue weighted by atomic mass is 10.3. The normalized spacial score (nSPS) is 17.2. The zero-order valence-corrected chi connectivity index (χ0v) is 8.45. The summed E-state index contributed by atoms with van der Waals surface area (Å²) in [6.45, 7) is 0.506. The average molecular weight is 227 g/mol. The topological polar surface area (TPSA) is 93.5 Å².